The Morgan fingerprint density at radius 1 is 1.25 bits per heavy atom. The first-order chi connectivity index (χ1) is 8.72. The summed E-state index contributed by atoms with van der Waals surface area (Å²) in [7, 11) is 0. The molecule has 116 valence electrons. The second kappa shape index (κ2) is 10.0. The van der Waals surface area contributed by atoms with Crippen molar-refractivity contribution in [3.63, 3.8) is 0 Å². The van der Waals surface area contributed by atoms with Gasteiger partial charge in [-0.15, -0.1) is 0 Å². The maximum absolute atomic E-state index is 9.73. The Morgan fingerprint density at radius 2 is 1.65 bits per heavy atom. The topological polar surface area (TPSA) is 144 Å². The zero-order chi connectivity index (χ0) is 15.0. The lowest BCUT2D eigenvalue weighted by Crippen LogP contribution is -2.27. The van der Waals surface area contributed by atoms with Gasteiger partial charge in [-0.3, -0.25) is 0 Å². The van der Waals surface area contributed by atoms with Crippen LogP contribution in [-0.2, 0) is 4.79 Å². The van der Waals surface area contributed by atoms with Gasteiger partial charge in [0.2, 0.25) is 0 Å². The second-order valence-corrected chi connectivity index (χ2v) is 4.35. The number of aliphatic hydroxyl groups excluding tert-OH is 1. The quantitative estimate of drug-likeness (QED) is 0.562. The molecule has 7 nitrogen and oxygen atoms in total. The molecule has 7 heteroatoms. The van der Waals surface area contributed by atoms with Gasteiger partial charge in [-0.25, -0.2) is 0 Å². The van der Waals surface area contributed by atoms with Gasteiger partial charge in [-0.2, -0.15) is 0 Å². The summed E-state index contributed by atoms with van der Waals surface area (Å²) in [6.07, 6.45) is -0.731. The lowest BCUT2D eigenvalue weighted by Gasteiger charge is -2.14. The lowest BCUT2D eigenvalue weighted by atomic mass is 10.1. The summed E-state index contributed by atoms with van der Waals surface area (Å²) in [4.78, 5) is 8.89. The number of carbonyl (C=O) groups excluding carboxylic acids is 1. The average Bonchev–Trinajstić information content (AvgIpc) is 2.23. The Balaban J connectivity index is 0. The van der Waals surface area contributed by atoms with Gasteiger partial charge >= 0.3 is 0 Å². The fraction of sp³-hybridized carbons (Fsp3) is 0.462. The third kappa shape index (κ3) is 10.1. The van der Waals surface area contributed by atoms with Crippen molar-refractivity contribution in [1.82, 2.24) is 5.32 Å². The number of phenolic OH excluding ortho intramolecular Hbond substituents is 2. The van der Waals surface area contributed by atoms with Crippen LogP contribution in [0.5, 0.6) is 11.5 Å². The molecular formula is C13H22NO6-. The van der Waals surface area contributed by atoms with Gasteiger partial charge in [0.15, 0.2) is 0 Å². The summed E-state index contributed by atoms with van der Waals surface area (Å²) in [6.45, 7) is 5.32. The van der Waals surface area contributed by atoms with Gasteiger partial charge < -0.3 is 36.0 Å². The van der Waals surface area contributed by atoms with Crippen molar-refractivity contribution in [1.29, 1.82) is 0 Å². The van der Waals surface area contributed by atoms with Crippen LogP contribution in [-0.4, -0.2) is 39.4 Å². The maximum Gasteiger partial charge on any atom is 0.119 e. The average molecular weight is 288 g/mol. The van der Waals surface area contributed by atoms with Crippen LogP contribution in [0, 0.1) is 0 Å². The van der Waals surface area contributed by atoms with Crippen LogP contribution in [0.25, 0.3) is 0 Å². The molecule has 1 rings (SSSR count). The van der Waals surface area contributed by atoms with Gasteiger partial charge in [0.1, 0.15) is 11.5 Å². The van der Waals surface area contributed by atoms with E-state index in [9.17, 15) is 15.3 Å². The summed E-state index contributed by atoms with van der Waals surface area (Å²) < 4.78 is 0. The van der Waals surface area contributed by atoms with Crippen LogP contribution in [0.1, 0.15) is 32.4 Å². The molecule has 1 aromatic carbocycles. The number of aliphatic carboxylic acids is 1. The summed E-state index contributed by atoms with van der Waals surface area (Å²) in [5, 5.41) is 40.1. The highest BCUT2D eigenvalue weighted by Gasteiger charge is 2.10. The number of nitrogens with one attached hydrogen (secondary N) is 1. The van der Waals surface area contributed by atoms with E-state index in [-0.39, 0.29) is 23.0 Å². The number of aliphatic hydroxyl groups is 1. The van der Waals surface area contributed by atoms with E-state index in [4.69, 9.17) is 9.90 Å². The number of carboxylic acid groups (broad SMARTS) is 1. The van der Waals surface area contributed by atoms with Crippen molar-refractivity contribution >= 4 is 5.97 Å². The van der Waals surface area contributed by atoms with Gasteiger partial charge in [0, 0.05) is 24.6 Å². The Hall–Kier alpha value is -1.83. The first-order valence-electron chi connectivity index (χ1n) is 5.84. The molecule has 0 radical (unpaired) electrons. The largest absolute Gasteiger partial charge is 0.550 e. The Morgan fingerprint density at radius 3 is 2.00 bits per heavy atom. The number of carboxylic acids is 1. The van der Waals surface area contributed by atoms with Gasteiger partial charge in [0.25, 0.3) is 0 Å². The van der Waals surface area contributed by atoms with Crippen molar-refractivity contribution in [2.24, 2.45) is 0 Å². The summed E-state index contributed by atoms with van der Waals surface area (Å²) >= 11 is 0. The highest BCUT2D eigenvalue weighted by atomic mass is 16.4. The zero-order valence-corrected chi connectivity index (χ0v) is 11.8. The fourth-order valence-electron chi connectivity index (χ4n) is 1.28. The highest BCUT2D eigenvalue weighted by molar-refractivity contribution is 5.60. The molecule has 0 heterocycles. The van der Waals surface area contributed by atoms with E-state index < -0.39 is 12.1 Å². The van der Waals surface area contributed by atoms with Gasteiger partial charge in [0.05, 0.1) is 6.10 Å². The molecule has 6 N–H and O–H groups in total. The van der Waals surface area contributed by atoms with E-state index in [1.165, 1.54) is 18.2 Å². The Bertz CT molecular complexity index is 384. The Kier molecular flexibility index (Phi) is 10.3. The molecule has 0 saturated heterocycles. The molecule has 1 aromatic rings. The maximum atomic E-state index is 9.73. The molecule has 0 amide bonds. The molecule has 0 spiro atoms. The molecule has 1 unspecified atom stereocenters. The molecule has 0 aliphatic carbocycles. The summed E-state index contributed by atoms with van der Waals surface area (Å²) in [5.41, 5.74) is 0.501. The normalized spacial score (nSPS) is 11.1. The zero-order valence-electron chi connectivity index (χ0n) is 11.8. The monoisotopic (exact) mass is 288 g/mol. The van der Waals surface area contributed by atoms with E-state index in [1.54, 1.807) is 0 Å². The van der Waals surface area contributed by atoms with E-state index in [0.717, 1.165) is 6.92 Å². The number of phenols is 2. The van der Waals surface area contributed by atoms with Crippen LogP contribution in [0.4, 0.5) is 0 Å². The first-order valence-corrected chi connectivity index (χ1v) is 5.84. The van der Waals surface area contributed by atoms with Gasteiger partial charge in [-0.05, 0) is 24.6 Å². The minimum atomic E-state index is -1.08. The third-order valence-corrected chi connectivity index (χ3v) is 2.03. The number of hydrogen-bond donors (Lipinski definition) is 4. The summed E-state index contributed by atoms with van der Waals surface area (Å²) in [5.74, 6) is -1.18. The Labute approximate surface area is 117 Å². The van der Waals surface area contributed by atoms with Crippen molar-refractivity contribution in [2.45, 2.75) is 32.9 Å². The molecule has 1 atom stereocenters. The minimum absolute atomic E-state index is 0. The SMILES string of the molecule is CC(=O)[O-].CC(C)NCC(O)c1cc(O)cc(O)c1.O. The van der Waals surface area contributed by atoms with E-state index in [0.29, 0.717) is 12.1 Å². The molecule has 0 aliphatic rings. The molecule has 0 aliphatic heterocycles. The summed E-state index contributed by atoms with van der Waals surface area (Å²) in [6, 6.07) is 4.38. The van der Waals surface area contributed by atoms with Crippen LogP contribution >= 0.6 is 0 Å². The predicted molar refractivity (Wildman–Crippen MR) is 72.2 cm³/mol. The van der Waals surface area contributed by atoms with Crippen molar-refractivity contribution in [2.75, 3.05) is 6.54 Å². The molecule has 0 fully saturated rings. The van der Waals surface area contributed by atoms with Crippen LogP contribution < -0.4 is 10.4 Å². The number of rotatable bonds is 4. The lowest BCUT2D eigenvalue weighted by molar-refractivity contribution is -0.302. The fourth-order valence-corrected chi connectivity index (χ4v) is 1.28. The van der Waals surface area contributed by atoms with Crippen molar-refractivity contribution < 1.29 is 30.7 Å². The standard InChI is InChI=1S/C11H17NO3.C2H4O2.H2O/c1-7(2)12-6-11(15)8-3-9(13)5-10(14)4-8;1-2(3)4;/h3-5,7,11-15H,6H2,1-2H3;1H3,(H,3,4);1H2/p-1. The van der Waals surface area contributed by atoms with Crippen molar-refractivity contribution in [3.05, 3.63) is 23.8 Å². The smallest absolute Gasteiger partial charge is 0.119 e. The van der Waals surface area contributed by atoms with Gasteiger partial charge in [-0.1, -0.05) is 13.8 Å². The van der Waals surface area contributed by atoms with Crippen LogP contribution in [0.3, 0.4) is 0 Å². The van der Waals surface area contributed by atoms with Crippen LogP contribution in [0.15, 0.2) is 18.2 Å². The van der Waals surface area contributed by atoms with E-state index >= 15 is 0 Å². The molecule has 20 heavy (non-hydrogen) atoms. The molecule has 0 saturated carbocycles. The third-order valence-electron chi connectivity index (χ3n) is 2.03. The first kappa shape index (κ1) is 20.5. The van der Waals surface area contributed by atoms with Crippen LogP contribution in [0.2, 0.25) is 0 Å². The number of carbonyl (C=O) groups is 1. The number of aromatic hydroxyl groups is 2. The van der Waals surface area contributed by atoms with E-state index in [1.807, 2.05) is 13.8 Å². The minimum Gasteiger partial charge on any atom is -0.550 e. The number of benzene rings is 1. The molecular weight excluding hydrogens is 266 g/mol. The number of hydrogen-bond acceptors (Lipinski definition) is 6. The highest BCUT2D eigenvalue weighted by Crippen LogP contribution is 2.24. The predicted octanol–water partition coefficient (Wildman–Crippen LogP) is -0.939. The van der Waals surface area contributed by atoms with E-state index in [2.05, 4.69) is 5.32 Å². The molecule has 0 bridgehead atoms. The second-order valence-electron chi connectivity index (χ2n) is 4.35. The molecule has 0 aromatic heterocycles. The van der Waals surface area contributed by atoms with Crippen molar-refractivity contribution in [3.8, 4) is 11.5 Å².